The Hall–Kier alpha value is -1.30. The summed E-state index contributed by atoms with van der Waals surface area (Å²) in [5, 5.41) is 0.816. The van der Waals surface area contributed by atoms with E-state index in [0.29, 0.717) is 0 Å². The molecular formula is C12H17N3O2S. The van der Waals surface area contributed by atoms with Crippen molar-refractivity contribution in [2.45, 2.75) is 24.3 Å². The van der Waals surface area contributed by atoms with E-state index in [1.165, 1.54) is 38.1 Å². The normalized spacial score (nSPS) is 15.5. The average molecular weight is 267 g/mol. The fourth-order valence-electron chi connectivity index (χ4n) is 1.90. The Morgan fingerprint density at radius 1 is 1.39 bits per heavy atom. The van der Waals surface area contributed by atoms with Gasteiger partial charge >= 0.3 is 5.97 Å². The molecule has 0 N–H and O–H groups in total. The number of thioether (sulfide) groups is 1. The number of rotatable bonds is 4. The first kappa shape index (κ1) is 13.1. The van der Waals surface area contributed by atoms with Gasteiger partial charge in [-0.1, -0.05) is 11.8 Å². The van der Waals surface area contributed by atoms with Crippen LogP contribution < -0.4 is 4.90 Å². The monoisotopic (exact) mass is 267 g/mol. The number of ether oxygens (including phenoxy) is 1. The summed E-state index contributed by atoms with van der Waals surface area (Å²) in [7, 11) is 1.39. The Bertz CT molecular complexity index is 408. The van der Waals surface area contributed by atoms with Crippen molar-refractivity contribution >= 4 is 23.5 Å². The van der Waals surface area contributed by atoms with Crippen LogP contribution in [0, 0.1) is 0 Å². The maximum Gasteiger partial charge on any atom is 0.316 e. The van der Waals surface area contributed by atoms with E-state index in [2.05, 4.69) is 19.6 Å². The predicted molar refractivity (Wildman–Crippen MR) is 70.8 cm³/mol. The maximum atomic E-state index is 11.1. The molecule has 1 aromatic heterocycles. The van der Waals surface area contributed by atoms with Crippen molar-refractivity contribution in [2.75, 3.05) is 30.9 Å². The number of anilines is 1. The van der Waals surface area contributed by atoms with Crippen LogP contribution in [0.25, 0.3) is 0 Å². The summed E-state index contributed by atoms with van der Waals surface area (Å²) >= 11 is 1.38. The van der Waals surface area contributed by atoms with E-state index in [9.17, 15) is 4.79 Å². The van der Waals surface area contributed by atoms with Crippen LogP contribution in [0.15, 0.2) is 17.4 Å². The van der Waals surface area contributed by atoms with Gasteiger partial charge in [0.25, 0.3) is 0 Å². The first-order chi connectivity index (χ1) is 8.79. The van der Waals surface area contributed by atoms with Crippen LogP contribution in [0.2, 0.25) is 0 Å². The van der Waals surface area contributed by atoms with E-state index in [1.807, 2.05) is 6.07 Å². The van der Waals surface area contributed by atoms with Crippen molar-refractivity contribution < 1.29 is 9.53 Å². The third kappa shape index (κ3) is 3.60. The first-order valence-electron chi connectivity index (χ1n) is 6.06. The summed E-state index contributed by atoms with van der Waals surface area (Å²) in [6.45, 7) is 2.11. The predicted octanol–water partition coefficient (Wildman–Crippen LogP) is 1.73. The van der Waals surface area contributed by atoms with Crippen LogP contribution in [0.1, 0.15) is 19.3 Å². The molecule has 6 heteroatoms. The summed E-state index contributed by atoms with van der Waals surface area (Å²) in [6.07, 6.45) is 5.29. The number of hydrogen-bond donors (Lipinski definition) is 0. The minimum Gasteiger partial charge on any atom is -0.468 e. The van der Waals surface area contributed by atoms with Gasteiger partial charge < -0.3 is 9.64 Å². The summed E-state index contributed by atoms with van der Waals surface area (Å²) < 4.78 is 4.60. The molecule has 98 valence electrons. The first-order valence-corrected chi connectivity index (χ1v) is 7.05. The Balaban J connectivity index is 1.98. The highest BCUT2D eigenvalue weighted by atomic mass is 32.2. The third-order valence-electron chi connectivity index (χ3n) is 2.87. The van der Waals surface area contributed by atoms with Gasteiger partial charge in [-0.15, -0.1) is 0 Å². The molecular weight excluding hydrogens is 250 g/mol. The summed E-state index contributed by atoms with van der Waals surface area (Å²) in [4.78, 5) is 21.8. The average Bonchev–Trinajstić information content (AvgIpc) is 2.46. The lowest BCUT2D eigenvalue weighted by atomic mass is 10.1. The minimum absolute atomic E-state index is 0.238. The molecule has 0 unspecified atom stereocenters. The van der Waals surface area contributed by atoms with Gasteiger partial charge in [-0.25, -0.2) is 9.97 Å². The van der Waals surface area contributed by atoms with Crippen LogP contribution >= 0.6 is 11.8 Å². The van der Waals surface area contributed by atoms with E-state index in [1.54, 1.807) is 6.33 Å². The van der Waals surface area contributed by atoms with Crippen molar-refractivity contribution in [1.82, 2.24) is 9.97 Å². The lowest BCUT2D eigenvalue weighted by molar-refractivity contribution is -0.137. The molecule has 1 aromatic rings. The topological polar surface area (TPSA) is 55.3 Å². The zero-order chi connectivity index (χ0) is 12.8. The SMILES string of the molecule is COC(=O)CSc1cc(N2CCCCC2)ncn1. The molecule has 0 spiro atoms. The molecule has 1 aliphatic heterocycles. The van der Waals surface area contributed by atoms with Crippen LogP contribution in [-0.4, -0.2) is 41.9 Å². The third-order valence-corrected chi connectivity index (χ3v) is 3.77. The molecule has 2 rings (SSSR count). The second-order valence-corrected chi connectivity index (χ2v) is 5.12. The molecule has 0 saturated carbocycles. The van der Waals surface area contributed by atoms with Gasteiger partial charge in [-0.3, -0.25) is 4.79 Å². The molecule has 0 radical (unpaired) electrons. The van der Waals surface area contributed by atoms with Crippen LogP contribution in [0.3, 0.4) is 0 Å². The largest absolute Gasteiger partial charge is 0.468 e. The number of aromatic nitrogens is 2. The van der Waals surface area contributed by atoms with E-state index in [4.69, 9.17) is 0 Å². The number of hydrogen-bond acceptors (Lipinski definition) is 6. The van der Waals surface area contributed by atoms with E-state index >= 15 is 0 Å². The van der Waals surface area contributed by atoms with Gasteiger partial charge in [0.2, 0.25) is 0 Å². The number of piperidine rings is 1. The maximum absolute atomic E-state index is 11.1. The van der Waals surface area contributed by atoms with Gasteiger partial charge in [-0.2, -0.15) is 0 Å². The lowest BCUT2D eigenvalue weighted by Gasteiger charge is -2.27. The Labute approximate surface area is 111 Å². The summed E-state index contributed by atoms with van der Waals surface area (Å²) in [5.74, 6) is 1.00. The highest BCUT2D eigenvalue weighted by molar-refractivity contribution is 7.99. The van der Waals surface area contributed by atoms with Gasteiger partial charge in [-0.05, 0) is 19.3 Å². The van der Waals surface area contributed by atoms with Crippen LogP contribution in [0.4, 0.5) is 5.82 Å². The molecule has 0 atom stereocenters. The quantitative estimate of drug-likeness (QED) is 0.470. The molecule has 0 aliphatic carbocycles. The Morgan fingerprint density at radius 2 is 2.17 bits per heavy atom. The number of methoxy groups -OCH3 is 1. The Morgan fingerprint density at radius 3 is 2.89 bits per heavy atom. The number of nitrogens with zero attached hydrogens (tertiary/aromatic N) is 3. The molecule has 1 fully saturated rings. The molecule has 0 aromatic carbocycles. The molecule has 1 aliphatic rings. The van der Waals surface area contributed by atoms with Crippen molar-refractivity contribution in [1.29, 1.82) is 0 Å². The van der Waals surface area contributed by atoms with Gasteiger partial charge in [0, 0.05) is 19.2 Å². The number of carbonyl (C=O) groups is 1. The van der Waals surface area contributed by atoms with E-state index in [0.717, 1.165) is 23.9 Å². The van der Waals surface area contributed by atoms with Crippen molar-refractivity contribution in [3.05, 3.63) is 12.4 Å². The number of esters is 1. The molecule has 0 amide bonds. The molecule has 2 heterocycles. The second-order valence-electron chi connectivity index (χ2n) is 4.13. The summed E-state index contributed by atoms with van der Waals surface area (Å²) in [5.41, 5.74) is 0. The second kappa shape index (κ2) is 6.58. The van der Waals surface area contributed by atoms with Crippen LogP contribution in [0.5, 0.6) is 0 Å². The zero-order valence-corrected chi connectivity index (χ0v) is 11.3. The van der Waals surface area contributed by atoms with E-state index < -0.39 is 0 Å². The zero-order valence-electron chi connectivity index (χ0n) is 10.5. The standard InChI is InChI=1S/C12H17N3O2S/c1-17-12(16)8-18-11-7-10(13-9-14-11)15-5-3-2-4-6-15/h7,9H,2-6,8H2,1H3. The van der Waals surface area contributed by atoms with Gasteiger partial charge in [0.15, 0.2) is 0 Å². The van der Waals surface area contributed by atoms with E-state index in [-0.39, 0.29) is 11.7 Å². The van der Waals surface area contributed by atoms with Crippen molar-refractivity contribution in [3.63, 3.8) is 0 Å². The van der Waals surface area contributed by atoms with Crippen molar-refractivity contribution in [2.24, 2.45) is 0 Å². The minimum atomic E-state index is -0.238. The molecule has 5 nitrogen and oxygen atoms in total. The van der Waals surface area contributed by atoms with Crippen LogP contribution in [-0.2, 0) is 9.53 Å². The fraction of sp³-hybridized carbons (Fsp3) is 0.583. The highest BCUT2D eigenvalue weighted by Gasteiger charge is 2.13. The van der Waals surface area contributed by atoms with Gasteiger partial charge in [0.05, 0.1) is 12.9 Å². The smallest absolute Gasteiger partial charge is 0.316 e. The molecule has 18 heavy (non-hydrogen) atoms. The van der Waals surface area contributed by atoms with Crippen molar-refractivity contribution in [3.8, 4) is 0 Å². The lowest BCUT2D eigenvalue weighted by Crippen LogP contribution is -2.30. The molecule has 0 bridgehead atoms. The number of carbonyl (C=O) groups excluding carboxylic acids is 1. The Kier molecular flexibility index (Phi) is 4.81. The fourth-order valence-corrected chi connectivity index (χ4v) is 2.59. The highest BCUT2D eigenvalue weighted by Crippen LogP contribution is 2.22. The summed E-state index contributed by atoms with van der Waals surface area (Å²) in [6, 6.07) is 1.94. The van der Waals surface area contributed by atoms with Gasteiger partial charge in [0.1, 0.15) is 17.2 Å². The molecule has 1 saturated heterocycles.